The first kappa shape index (κ1) is 14.5. The lowest BCUT2D eigenvalue weighted by Crippen LogP contribution is -2.12. The number of hydrogen-bond donors (Lipinski definition) is 1. The Morgan fingerprint density at radius 1 is 1.29 bits per heavy atom. The van der Waals surface area contributed by atoms with Crippen LogP contribution in [0.25, 0.3) is 0 Å². The molecule has 0 saturated carbocycles. The van der Waals surface area contributed by atoms with E-state index in [1.807, 2.05) is 13.0 Å². The van der Waals surface area contributed by atoms with Crippen LogP contribution in [-0.2, 0) is 13.0 Å². The van der Waals surface area contributed by atoms with Crippen molar-refractivity contribution in [3.63, 3.8) is 0 Å². The fourth-order valence-corrected chi connectivity index (χ4v) is 3.33. The molecule has 5 heteroatoms. The Morgan fingerprint density at radius 3 is 2.86 bits per heavy atom. The van der Waals surface area contributed by atoms with Gasteiger partial charge in [-0.2, -0.15) is 0 Å². The van der Waals surface area contributed by atoms with Gasteiger partial charge in [-0.25, -0.2) is 4.98 Å². The number of halogens is 2. The van der Waals surface area contributed by atoms with Crippen molar-refractivity contribution >= 4 is 34.6 Å². The van der Waals surface area contributed by atoms with Crippen molar-refractivity contribution in [1.82, 2.24) is 4.98 Å². The lowest BCUT2D eigenvalue weighted by atomic mass is 10.1. The Bertz CT molecular complexity index is 662. The first-order valence-corrected chi connectivity index (χ1v) is 7.69. The number of aromatic nitrogens is 1. The van der Waals surface area contributed by atoms with Gasteiger partial charge in [0.25, 0.3) is 0 Å². The highest BCUT2D eigenvalue weighted by Crippen LogP contribution is 2.29. The van der Waals surface area contributed by atoms with E-state index in [0.29, 0.717) is 10.3 Å². The summed E-state index contributed by atoms with van der Waals surface area (Å²) in [6.45, 7) is 3.79. The van der Waals surface area contributed by atoms with Crippen LogP contribution in [0.2, 0.25) is 10.3 Å². The highest BCUT2D eigenvalue weighted by molar-refractivity contribution is 6.34. The van der Waals surface area contributed by atoms with E-state index < -0.39 is 0 Å². The summed E-state index contributed by atoms with van der Waals surface area (Å²) in [7, 11) is 2.13. The lowest BCUT2D eigenvalue weighted by Gasteiger charge is -2.14. The topological polar surface area (TPSA) is 28.2 Å². The largest absolute Gasteiger partial charge is 0.378 e. The first-order valence-electron chi connectivity index (χ1n) is 6.94. The molecule has 3 nitrogen and oxygen atoms in total. The molecule has 1 N–H and O–H groups in total. The van der Waals surface area contributed by atoms with Crippen LogP contribution in [0.5, 0.6) is 0 Å². The molecule has 1 aromatic heterocycles. The van der Waals surface area contributed by atoms with Crippen molar-refractivity contribution in [2.24, 2.45) is 0 Å². The average Bonchev–Trinajstić information content (AvgIpc) is 2.79. The number of nitrogens with one attached hydrogen (secondary N) is 1. The highest BCUT2D eigenvalue weighted by Gasteiger charge is 2.15. The Labute approximate surface area is 134 Å². The van der Waals surface area contributed by atoms with Crippen LogP contribution in [-0.4, -0.2) is 18.6 Å². The van der Waals surface area contributed by atoms with Gasteiger partial charge in [0.05, 0.1) is 5.69 Å². The van der Waals surface area contributed by atoms with Crippen molar-refractivity contribution in [2.75, 3.05) is 23.8 Å². The Balaban J connectivity index is 1.77. The summed E-state index contributed by atoms with van der Waals surface area (Å²) in [6, 6.07) is 8.42. The zero-order chi connectivity index (χ0) is 15.0. The van der Waals surface area contributed by atoms with E-state index in [-0.39, 0.29) is 0 Å². The van der Waals surface area contributed by atoms with E-state index in [1.54, 1.807) is 0 Å². The molecule has 0 amide bonds. The predicted molar refractivity (Wildman–Crippen MR) is 89.7 cm³/mol. The number of benzene rings is 1. The number of nitrogens with zero attached hydrogens (tertiary/aromatic N) is 2. The second-order valence-corrected chi connectivity index (χ2v) is 6.16. The Kier molecular flexibility index (Phi) is 3.96. The van der Waals surface area contributed by atoms with E-state index >= 15 is 0 Å². The maximum absolute atomic E-state index is 6.15. The molecule has 0 bridgehead atoms. The molecule has 0 radical (unpaired) electrons. The van der Waals surface area contributed by atoms with Gasteiger partial charge in [0.2, 0.25) is 0 Å². The third-order valence-electron chi connectivity index (χ3n) is 3.88. The molecule has 110 valence electrons. The molecule has 3 rings (SSSR count). The molecule has 0 aliphatic carbocycles. The molecular formula is C16H17Cl2N3. The van der Waals surface area contributed by atoms with Crippen LogP contribution in [0.3, 0.4) is 0 Å². The van der Waals surface area contributed by atoms with Crippen LogP contribution in [0.1, 0.15) is 16.7 Å². The second-order valence-electron chi connectivity index (χ2n) is 5.42. The number of aryl methyl sites for hydroxylation is 1. The van der Waals surface area contributed by atoms with Gasteiger partial charge in [0, 0.05) is 25.8 Å². The fourth-order valence-electron chi connectivity index (χ4n) is 2.73. The average molecular weight is 322 g/mol. The van der Waals surface area contributed by atoms with Gasteiger partial charge in [0.1, 0.15) is 5.15 Å². The van der Waals surface area contributed by atoms with Gasteiger partial charge in [-0.05, 0) is 42.2 Å². The van der Waals surface area contributed by atoms with Gasteiger partial charge in [0.15, 0.2) is 5.15 Å². The molecule has 0 fully saturated rings. The number of rotatable bonds is 3. The zero-order valence-corrected chi connectivity index (χ0v) is 13.6. The first-order chi connectivity index (χ1) is 10.0. The lowest BCUT2D eigenvalue weighted by molar-refractivity contribution is 0.955. The maximum atomic E-state index is 6.15. The van der Waals surface area contributed by atoms with Gasteiger partial charge in [-0.3, -0.25) is 0 Å². The van der Waals surface area contributed by atoms with E-state index in [4.69, 9.17) is 23.2 Å². The van der Waals surface area contributed by atoms with Crippen molar-refractivity contribution in [2.45, 2.75) is 19.9 Å². The van der Waals surface area contributed by atoms with Crippen LogP contribution in [0.15, 0.2) is 24.3 Å². The minimum absolute atomic E-state index is 0.417. The molecular weight excluding hydrogens is 305 g/mol. The molecule has 2 aromatic rings. The van der Waals surface area contributed by atoms with Crippen LogP contribution in [0.4, 0.5) is 11.4 Å². The molecule has 0 unspecified atom stereocenters. The van der Waals surface area contributed by atoms with E-state index in [0.717, 1.165) is 30.8 Å². The number of anilines is 2. The smallest absolute Gasteiger partial charge is 0.154 e. The highest BCUT2D eigenvalue weighted by atomic mass is 35.5. The normalized spacial score (nSPS) is 13.4. The standard InChI is InChI=1S/C16H17Cl2N3/c1-10-7-14(17)20-16(18)15(10)19-9-11-3-4-13-12(8-11)5-6-21(13)2/h3-4,7-8,19H,5-6,9H2,1-2H3. The number of hydrogen-bond acceptors (Lipinski definition) is 3. The number of pyridine rings is 1. The monoisotopic (exact) mass is 321 g/mol. The Morgan fingerprint density at radius 2 is 2.10 bits per heavy atom. The fraction of sp³-hybridized carbons (Fsp3) is 0.312. The summed E-state index contributed by atoms with van der Waals surface area (Å²) in [5.41, 5.74) is 5.84. The van der Waals surface area contributed by atoms with Gasteiger partial charge in [-0.15, -0.1) is 0 Å². The Hall–Kier alpha value is -1.45. The van der Waals surface area contributed by atoms with Crippen LogP contribution in [0, 0.1) is 6.92 Å². The number of fused-ring (bicyclic) bond motifs is 1. The molecule has 2 heterocycles. The SMILES string of the molecule is Cc1cc(Cl)nc(Cl)c1NCc1ccc2c(c1)CCN2C. The van der Waals surface area contributed by atoms with Crippen LogP contribution >= 0.6 is 23.2 Å². The van der Waals surface area contributed by atoms with Crippen molar-refractivity contribution in [1.29, 1.82) is 0 Å². The summed E-state index contributed by atoms with van der Waals surface area (Å²) in [4.78, 5) is 6.36. The maximum Gasteiger partial charge on any atom is 0.154 e. The molecule has 0 atom stereocenters. The van der Waals surface area contributed by atoms with Crippen molar-refractivity contribution in [3.05, 3.63) is 51.3 Å². The molecule has 1 aromatic carbocycles. The van der Waals surface area contributed by atoms with Gasteiger partial charge >= 0.3 is 0 Å². The summed E-state index contributed by atoms with van der Waals surface area (Å²) in [5, 5.41) is 4.20. The van der Waals surface area contributed by atoms with Crippen molar-refractivity contribution < 1.29 is 0 Å². The summed E-state index contributed by atoms with van der Waals surface area (Å²) in [5.74, 6) is 0. The van der Waals surface area contributed by atoms with Crippen molar-refractivity contribution in [3.8, 4) is 0 Å². The van der Waals surface area contributed by atoms with E-state index in [9.17, 15) is 0 Å². The third-order valence-corrected chi connectivity index (χ3v) is 4.35. The quantitative estimate of drug-likeness (QED) is 0.854. The molecule has 21 heavy (non-hydrogen) atoms. The molecule has 0 spiro atoms. The van der Waals surface area contributed by atoms with E-state index in [2.05, 4.69) is 40.4 Å². The molecule has 0 saturated heterocycles. The molecule has 1 aliphatic rings. The predicted octanol–water partition coefficient (Wildman–Crippen LogP) is 4.30. The van der Waals surface area contributed by atoms with Gasteiger partial charge < -0.3 is 10.2 Å². The summed E-state index contributed by atoms with van der Waals surface area (Å²) >= 11 is 12.0. The number of likely N-dealkylation sites (N-methyl/N-ethyl adjacent to an activating group) is 1. The van der Waals surface area contributed by atoms with Crippen LogP contribution < -0.4 is 10.2 Å². The zero-order valence-electron chi connectivity index (χ0n) is 12.1. The van der Waals surface area contributed by atoms with Gasteiger partial charge in [-0.1, -0.05) is 35.3 Å². The second kappa shape index (κ2) is 5.74. The summed E-state index contributed by atoms with van der Waals surface area (Å²) < 4.78 is 0. The third kappa shape index (κ3) is 2.94. The van der Waals surface area contributed by atoms with E-state index in [1.165, 1.54) is 16.8 Å². The minimum Gasteiger partial charge on any atom is -0.378 e. The molecule has 1 aliphatic heterocycles. The summed E-state index contributed by atoms with van der Waals surface area (Å²) in [6.07, 6.45) is 1.11. The minimum atomic E-state index is 0.417.